The van der Waals surface area contributed by atoms with Crippen LogP contribution in [0.25, 0.3) is 32.4 Å². The van der Waals surface area contributed by atoms with E-state index in [1.165, 1.54) is 0 Å². The maximum Gasteiger partial charge on any atom is 0.259 e. The molecular formula is C23H24N2O3. The van der Waals surface area contributed by atoms with Gasteiger partial charge in [-0.05, 0) is 31.6 Å². The Bertz CT molecular complexity index is 1240. The molecule has 0 unspecified atom stereocenters. The van der Waals surface area contributed by atoms with Gasteiger partial charge in [0.25, 0.3) is 5.56 Å². The summed E-state index contributed by atoms with van der Waals surface area (Å²) in [7, 11) is 7.23. The molecule has 0 radical (unpaired) electrons. The van der Waals surface area contributed by atoms with Crippen molar-refractivity contribution in [2.45, 2.75) is 6.54 Å². The summed E-state index contributed by atoms with van der Waals surface area (Å²) >= 11 is 0. The van der Waals surface area contributed by atoms with E-state index in [9.17, 15) is 4.79 Å². The van der Waals surface area contributed by atoms with Gasteiger partial charge in [0.2, 0.25) is 0 Å². The van der Waals surface area contributed by atoms with Crippen LogP contribution >= 0.6 is 0 Å². The highest BCUT2D eigenvalue weighted by atomic mass is 16.5. The zero-order valence-corrected chi connectivity index (χ0v) is 16.7. The summed E-state index contributed by atoms with van der Waals surface area (Å²) in [5.41, 5.74) is 0.950. The molecule has 1 heterocycles. The lowest BCUT2D eigenvalue weighted by molar-refractivity contribution is 0.356. The third kappa shape index (κ3) is 2.88. The van der Waals surface area contributed by atoms with Crippen LogP contribution in [-0.2, 0) is 6.54 Å². The maximum absolute atomic E-state index is 13.5. The molecule has 0 fully saturated rings. The van der Waals surface area contributed by atoms with E-state index < -0.39 is 0 Å². The summed E-state index contributed by atoms with van der Waals surface area (Å²) in [6, 6.07) is 16.1. The molecule has 28 heavy (non-hydrogen) atoms. The summed E-state index contributed by atoms with van der Waals surface area (Å²) in [5.74, 6) is 1.18. The number of hydrogen-bond donors (Lipinski definition) is 0. The van der Waals surface area contributed by atoms with Crippen molar-refractivity contribution in [3.63, 3.8) is 0 Å². The average molecular weight is 376 g/mol. The van der Waals surface area contributed by atoms with E-state index in [0.29, 0.717) is 23.4 Å². The number of fused-ring (bicyclic) bond motifs is 5. The standard InChI is InChI=1S/C23H24N2O3/c1-24(2)11-12-25-22-16-8-6-5-7-15(16)9-10-17(22)18-13-20(27-3)21(28-4)14-19(18)23(25)26/h5-10,13-14H,11-12H2,1-4H3. The van der Waals surface area contributed by atoms with Crippen molar-refractivity contribution in [2.24, 2.45) is 0 Å². The Labute approximate surface area is 163 Å². The van der Waals surface area contributed by atoms with Crippen molar-refractivity contribution in [3.8, 4) is 11.5 Å². The summed E-state index contributed by atoms with van der Waals surface area (Å²) in [4.78, 5) is 15.6. The number of methoxy groups -OCH3 is 2. The number of nitrogens with zero attached hydrogens (tertiary/aromatic N) is 2. The predicted molar refractivity (Wildman–Crippen MR) is 115 cm³/mol. The Kier molecular flexibility index (Phi) is 4.69. The fourth-order valence-corrected chi connectivity index (χ4v) is 3.80. The van der Waals surface area contributed by atoms with Crippen LogP contribution < -0.4 is 15.0 Å². The summed E-state index contributed by atoms with van der Waals surface area (Å²) in [6.07, 6.45) is 0. The Morgan fingerprint density at radius 3 is 2.21 bits per heavy atom. The van der Waals surface area contributed by atoms with Crippen LogP contribution in [0.3, 0.4) is 0 Å². The van der Waals surface area contributed by atoms with Crippen LogP contribution in [0.2, 0.25) is 0 Å². The van der Waals surface area contributed by atoms with E-state index in [2.05, 4.69) is 29.2 Å². The van der Waals surface area contributed by atoms with Crippen molar-refractivity contribution in [2.75, 3.05) is 34.9 Å². The van der Waals surface area contributed by atoms with Crippen molar-refractivity contribution < 1.29 is 9.47 Å². The van der Waals surface area contributed by atoms with Crippen LogP contribution in [0.4, 0.5) is 0 Å². The molecule has 0 saturated heterocycles. The number of likely N-dealkylation sites (N-methyl/N-ethyl adjacent to an activating group) is 1. The Morgan fingerprint density at radius 1 is 0.857 bits per heavy atom. The molecule has 4 aromatic rings. The predicted octanol–water partition coefficient (Wildman–Crippen LogP) is 3.89. The van der Waals surface area contributed by atoms with Crippen LogP contribution in [0.15, 0.2) is 53.3 Å². The van der Waals surface area contributed by atoms with Gasteiger partial charge in [-0.2, -0.15) is 0 Å². The summed E-state index contributed by atoms with van der Waals surface area (Å²) < 4.78 is 12.8. The van der Waals surface area contributed by atoms with E-state index in [-0.39, 0.29) is 5.56 Å². The van der Waals surface area contributed by atoms with Crippen molar-refractivity contribution >= 4 is 32.4 Å². The smallest absolute Gasteiger partial charge is 0.259 e. The van der Waals surface area contributed by atoms with Crippen molar-refractivity contribution in [3.05, 3.63) is 58.9 Å². The first kappa shape index (κ1) is 18.3. The van der Waals surface area contributed by atoms with Crippen LogP contribution in [-0.4, -0.2) is 44.3 Å². The Morgan fingerprint density at radius 2 is 1.54 bits per heavy atom. The van der Waals surface area contributed by atoms with E-state index in [4.69, 9.17) is 9.47 Å². The molecule has 4 rings (SSSR count). The Hall–Kier alpha value is -3.05. The highest BCUT2D eigenvalue weighted by molar-refractivity contribution is 6.15. The summed E-state index contributed by atoms with van der Waals surface area (Å²) in [6.45, 7) is 1.39. The zero-order valence-electron chi connectivity index (χ0n) is 16.7. The first-order valence-corrected chi connectivity index (χ1v) is 9.30. The van der Waals surface area contributed by atoms with Crippen LogP contribution in [0, 0.1) is 0 Å². The normalized spacial score (nSPS) is 11.6. The number of ether oxygens (including phenoxy) is 2. The van der Waals surface area contributed by atoms with Gasteiger partial charge in [-0.3, -0.25) is 4.79 Å². The van der Waals surface area contributed by atoms with E-state index in [1.54, 1.807) is 20.3 Å². The third-order valence-corrected chi connectivity index (χ3v) is 5.23. The minimum atomic E-state index is -0.0124. The van der Waals surface area contributed by atoms with Gasteiger partial charge in [-0.1, -0.05) is 36.4 Å². The molecule has 0 aliphatic heterocycles. The molecule has 0 amide bonds. The van der Waals surface area contributed by atoms with E-state index >= 15 is 0 Å². The lowest BCUT2D eigenvalue weighted by atomic mass is 10.0. The number of aromatic nitrogens is 1. The number of rotatable bonds is 5. The van der Waals surface area contributed by atoms with E-state index in [1.807, 2.05) is 36.9 Å². The molecule has 5 nitrogen and oxygen atoms in total. The molecule has 0 bridgehead atoms. The van der Waals surface area contributed by atoms with Gasteiger partial charge in [-0.25, -0.2) is 0 Å². The quantitative estimate of drug-likeness (QED) is 0.496. The number of benzene rings is 3. The monoisotopic (exact) mass is 376 g/mol. The minimum absolute atomic E-state index is 0.0124. The molecule has 3 aromatic carbocycles. The van der Waals surface area contributed by atoms with E-state index in [0.717, 1.165) is 33.6 Å². The molecule has 0 atom stereocenters. The number of pyridine rings is 1. The van der Waals surface area contributed by atoms with Crippen LogP contribution in [0.5, 0.6) is 11.5 Å². The van der Waals surface area contributed by atoms with Gasteiger partial charge >= 0.3 is 0 Å². The highest BCUT2D eigenvalue weighted by Gasteiger charge is 2.16. The molecule has 5 heteroatoms. The second-order valence-electron chi connectivity index (χ2n) is 7.20. The lowest BCUT2D eigenvalue weighted by Gasteiger charge is -2.18. The Balaban J connectivity index is 2.20. The minimum Gasteiger partial charge on any atom is -0.493 e. The maximum atomic E-state index is 13.5. The summed E-state index contributed by atoms with van der Waals surface area (Å²) in [5, 5.41) is 4.75. The topological polar surface area (TPSA) is 43.7 Å². The van der Waals surface area contributed by atoms with Gasteiger partial charge in [0.05, 0.1) is 25.1 Å². The van der Waals surface area contributed by atoms with Gasteiger partial charge in [0, 0.05) is 29.2 Å². The molecule has 0 aliphatic rings. The average Bonchev–Trinajstić information content (AvgIpc) is 2.72. The van der Waals surface area contributed by atoms with Gasteiger partial charge in [0.1, 0.15) is 0 Å². The molecule has 0 spiro atoms. The zero-order chi connectivity index (χ0) is 19.8. The van der Waals surface area contributed by atoms with Crippen molar-refractivity contribution in [1.82, 2.24) is 9.47 Å². The third-order valence-electron chi connectivity index (χ3n) is 5.23. The first-order chi connectivity index (χ1) is 13.5. The molecular weight excluding hydrogens is 352 g/mol. The second kappa shape index (κ2) is 7.17. The fourth-order valence-electron chi connectivity index (χ4n) is 3.80. The fraction of sp³-hybridized carbons (Fsp3) is 0.261. The molecule has 144 valence electrons. The molecule has 1 aromatic heterocycles. The first-order valence-electron chi connectivity index (χ1n) is 9.30. The molecule has 0 saturated carbocycles. The van der Waals surface area contributed by atoms with Gasteiger partial charge in [-0.15, -0.1) is 0 Å². The molecule has 0 aliphatic carbocycles. The SMILES string of the molecule is COc1cc2c(=O)n(CCN(C)C)c3c4ccccc4ccc3c2cc1OC. The number of hydrogen-bond acceptors (Lipinski definition) is 4. The highest BCUT2D eigenvalue weighted by Crippen LogP contribution is 2.36. The van der Waals surface area contributed by atoms with Gasteiger partial charge in [0.15, 0.2) is 11.5 Å². The van der Waals surface area contributed by atoms with Gasteiger partial charge < -0.3 is 18.9 Å². The van der Waals surface area contributed by atoms with Crippen molar-refractivity contribution in [1.29, 1.82) is 0 Å². The molecule has 0 N–H and O–H groups in total. The van der Waals surface area contributed by atoms with Crippen LogP contribution in [0.1, 0.15) is 0 Å². The lowest BCUT2D eigenvalue weighted by Crippen LogP contribution is -2.27. The largest absolute Gasteiger partial charge is 0.493 e. The second-order valence-corrected chi connectivity index (χ2v) is 7.20.